The first-order valence-electron chi connectivity index (χ1n) is 7.47. The van der Waals surface area contributed by atoms with Crippen LogP contribution in [0.4, 0.5) is 5.69 Å². The van der Waals surface area contributed by atoms with Crippen molar-refractivity contribution in [1.29, 1.82) is 0 Å². The molecular weight excluding hydrogens is 252 g/mol. The van der Waals surface area contributed by atoms with Gasteiger partial charge in [-0.2, -0.15) is 0 Å². The summed E-state index contributed by atoms with van der Waals surface area (Å²) in [5.41, 5.74) is 5.39. The zero-order valence-electron chi connectivity index (χ0n) is 12.4. The van der Waals surface area contributed by atoms with Crippen molar-refractivity contribution in [1.82, 2.24) is 15.4 Å². The minimum absolute atomic E-state index is 0.0713. The van der Waals surface area contributed by atoms with Gasteiger partial charge in [0.05, 0.1) is 11.3 Å². The first-order chi connectivity index (χ1) is 9.70. The Morgan fingerprint density at radius 1 is 1.35 bits per heavy atom. The molecule has 1 aliphatic heterocycles. The molecule has 0 atom stereocenters. The van der Waals surface area contributed by atoms with Crippen molar-refractivity contribution in [3.8, 4) is 0 Å². The molecule has 5 heteroatoms. The van der Waals surface area contributed by atoms with E-state index < -0.39 is 0 Å². The first-order valence-corrected chi connectivity index (χ1v) is 7.47. The molecule has 2 heterocycles. The molecule has 1 aromatic rings. The van der Waals surface area contributed by atoms with E-state index in [9.17, 15) is 4.79 Å². The quantitative estimate of drug-likeness (QED) is 0.866. The van der Waals surface area contributed by atoms with Crippen LogP contribution in [-0.4, -0.2) is 35.5 Å². The fraction of sp³-hybridized carbons (Fsp3) is 0.600. The smallest absolute Gasteiger partial charge is 0.269 e. The Morgan fingerprint density at radius 2 is 2.10 bits per heavy atom. The number of anilines is 1. The molecule has 0 radical (unpaired) electrons. The Kier molecular flexibility index (Phi) is 5.35. The molecular formula is C15H24N4O. The predicted octanol–water partition coefficient (Wildman–Crippen LogP) is 2.34. The van der Waals surface area contributed by atoms with Crippen LogP contribution in [0.15, 0.2) is 12.3 Å². The molecule has 5 nitrogen and oxygen atoms in total. The third-order valence-corrected chi connectivity index (χ3v) is 3.47. The van der Waals surface area contributed by atoms with Crippen molar-refractivity contribution in [2.45, 2.75) is 39.5 Å². The van der Waals surface area contributed by atoms with Crippen LogP contribution in [0.25, 0.3) is 0 Å². The maximum atomic E-state index is 12.4. The lowest BCUT2D eigenvalue weighted by atomic mass is 10.1. The minimum Gasteiger partial charge on any atom is -0.384 e. The van der Waals surface area contributed by atoms with Crippen LogP contribution in [0, 0.1) is 6.92 Å². The number of piperidine rings is 1. The van der Waals surface area contributed by atoms with E-state index in [0.29, 0.717) is 5.56 Å². The van der Waals surface area contributed by atoms with Gasteiger partial charge in [0.2, 0.25) is 0 Å². The molecule has 1 amide bonds. The third kappa shape index (κ3) is 3.93. The lowest BCUT2D eigenvalue weighted by Gasteiger charge is -2.27. The van der Waals surface area contributed by atoms with Crippen LogP contribution in [0.2, 0.25) is 0 Å². The Balaban J connectivity index is 2.07. The second-order valence-corrected chi connectivity index (χ2v) is 5.29. The summed E-state index contributed by atoms with van der Waals surface area (Å²) < 4.78 is 0. The SMILES string of the molecule is CCCNc1cc(C)ncc1C(=O)NN1CCCCC1. The van der Waals surface area contributed by atoms with Crippen molar-refractivity contribution in [2.75, 3.05) is 25.0 Å². The number of aromatic nitrogens is 1. The van der Waals surface area contributed by atoms with Gasteiger partial charge in [-0.05, 0) is 32.3 Å². The highest BCUT2D eigenvalue weighted by Crippen LogP contribution is 2.16. The predicted molar refractivity (Wildman–Crippen MR) is 80.6 cm³/mol. The zero-order valence-corrected chi connectivity index (χ0v) is 12.4. The van der Waals surface area contributed by atoms with Gasteiger partial charge < -0.3 is 5.32 Å². The van der Waals surface area contributed by atoms with Gasteiger partial charge in [-0.1, -0.05) is 13.3 Å². The molecule has 20 heavy (non-hydrogen) atoms. The molecule has 0 saturated carbocycles. The highest BCUT2D eigenvalue weighted by molar-refractivity contribution is 5.99. The standard InChI is InChI=1S/C15H24N4O/c1-3-7-16-14-10-12(2)17-11-13(14)15(20)18-19-8-5-4-6-9-19/h10-11H,3-9H2,1-2H3,(H,16,17)(H,18,20). The molecule has 2 N–H and O–H groups in total. The van der Waals surface area contributed by atoms with Gasteiger partial charge in [0.25, 0.3) is 5.91 Å². The number of hydrogen-bond acceptors (Lipinski definition) is 4. The van der Waals surface area contributed by atoms with Gasteiger partial charge in [0.15, 0.2) is 0 Å². The summed E-state index contributed by atoms with van der Waals surface area (Å²) in [6.07, 6.45) is 6.23. The monoisotopic (exact) mass is 276 g/mol. The Morgan fingerprint density at radius 3 is 2.80 bits per heavy atom. The summed E-state index contributed by atoms with van der Waals surface area (Å²) in [6, 6.07) is 1.93. The van der Waals surface area contributed by atoms with Gasteiger partial charge in [-0.3, -0.25) is 15.2 Å². The maximum Gasteiger partial charge on any atom is 0.269 e. The van der Waals surface area contributed by atoms with Crippen LogP contribution in [0.5, 0.6) is 0 Å². The first kappa shape index (κ1) is 14.8. The van der Waals surface area contributed by atoms with Crippen molar-refractivity contribution < 1.29 is 4.79 Å². The molecule has 1 aromatic heterocycles. The van der Waals surface area contributed by atoms with Crippen LogP contribution in [0.1, 0.15) is 48.7 Å². The van der Waals surface area contributed by atoms with Gasteiger partial charge >= 0.3 is 0 Å². The van der Waals surface area contributed by atoms with E-state index in [4.69, 9.17) is 0 Å². The highest BCUT2D eigenvalue weighted by atomic mass is 16.2. The Hall–Kier alpha value is -1.62. The summed E-state index contributed by atoms with van der Waals surface area (Å²) in [5.74, 6) is -0.0713. The number of amides is 1. The topological polar surface area (TPSA) is 57.3 Å². The molecule has 1 aliphatic rings. The third-order valence-electron chi connectivity index (χ3n) is 3.47. The average Bonchev–Trinajstić information content (AvgIpc) is 2.46. The van der Waals surface area contributed by atoms with Gasteiger partial charge in [0.1, 0.15) is 0 Å². The second-order valence-electron chi connectivity index (χ2n) is 5.29. The average molecular weight is 276 g/mol. The van der Waals surface area contributed by atoms with Gasteiger partial charge in [0, 0.05) is 31.5 Å². The lowest BCUT2D eigenvalue weighted by molar-refractivity contribution is 0.0750. The van der Waals surface area contributed by atoms with Crippen LogP contribution < -0.4 is 10.7 Å². The molecule has 2 rings (SSSR count). The molecule has 1 saturated heterocycles. The van der Waals surface area contributed by atoms with E-state index in [2.05, 4.69) is 22.7 Å². The number of pyridine rings is 1. The Labute approximate surface area is 120 Å². The number of carbonyl (C=O) groups is 1. The molecule has 0 bridgehead atoms. The zero-order chi connectivity index (χ0) is 14.4. The summed E-state index contributed by atoms with van der Waals surface area (Å²) >= 11 is 0. The van der Waals surface area contributed by atoms with Crippen LogP contribution in [-0.2, 0) is 0 Å². The van der Waals surface area contributed by atoms with E-state index in [1.54, 1.807) is 6.20 Å². The summed E-state index contributed by atoms with van der Waals surface area (Å²) in [4.78, 5) is 16.6. The number of carbonyl (C=O) groups excluding carboxylic acids is 1. The summed E-state index contributed by atoms with van der Waals surface area (Å²) in [7, 11) is 0. The highest BCUT2D eigenvalue weighted by Gasteiger charge is 2.17. The van der Waals surface area contributed by atoms with E-state index in [0.717, 1.165) is 50.3 Å². The fourth-order valence-electron chi connectivity index (χ4n) is 2.36. The van der Waals surface area contributed by atoms with Crippen molar-refractivity contribution in [3.05, 3.63) is 23.5 Å². The van der Waals surface area contributed by atoms with Gasteiger partial charge in [-0.15, -0.1) is 0 Å². The summed E-state index contributed by atoms with van der Waals surface area (Å²) in [6.45, 7) is 6.76. The molecule has 1 fully saturated rings. The van der Waals surface area contributed by atoms with E-state index in [1.165, 1.54) is 6.42 Å². The fourth-order valence-corrected chi connectivity index (χ4v) is 2.36. The molecule has 110 valence electrons. The number of nitrogens with one attached hydrogen (secondary N) is 2. The largest absolute Gasteiger partial charge is 0.384 e. The van der Waals surface area contributed by atoms with Crippen LogP contribution >= 0.6 is 0 Å². The van der Waals surface area contributed by atoms with Crippen molar-refractivity contribution in [3.63, 3.8) is 0 Å². The van der Waals surface area contributed by atoms with Crippen LogP contribution in [0.3, 0.4) is 0 Å². The molecule has 0 unspecified atom stereocenters. The van der Waals surface area contributed by atoms with E-state index in [1.807, 2.05) is 18.0 Å². The molecule has 0 aliphatic carbocycles. The number of hydrazine groups is 1. The number of nitrogens with zero attached hydrogens (tertiary/aromatic N) is 2. The molecule has 0 spiro atoms. The van der Waals surface area contributed by atoms with Gasteiger partial charge in [-0.25, -0.2) is 5.01 Å². The molecule has 0 aromatic carbocycles. The van der Waals surface area contributed by atoms with Crippen molar-refractivity contribution >= 4 is 11.6 Å². The number of hydrogen-bond donors (Lipinski definition) is 2. The lowest BCUT2D eigenvalue weighted by Crippen LogP contribution is -2.45. The second kappa shape index (κ2) is 7.24. The maximum absolute atomic E-state index is 12.4. The summed E-state index contributed by atoms with van der Waals surface area (Å²) in [5, 5.41) is 5.31. The number of rotatable bonds is 5. The minimum atomic E-state index is -0.0713. The Bertz CT molecular complexity index is 455. The van der Waals surface area contributed by atoms with E-state index in [-0.39, 0.29) is 5.91 Å². The number of aryl methyl sites for hydroxylation is 1. The van der Waals surface area contributed by atoms with E-state index >= 15 is 0 Å². The normalized spacial score (nSPS) is 15.9. The van der Waals surface area contributed by atoms with Crippen molar-refractivity contribution in [2.24, 2.45) is 0 Å².